The molecule has 0 saturated carbocycles. The van der Waals surface area contributed by atoms with E-state index in [1.807, 2.05) is 42.5 Å². The molecule has 3 heteroatoms. The number of rotatable bonds is 2. The van der Waals surface area contributed by atoms with E-state index < -0.39 is 0 Å². The van der Waals surface area contributed by atoms with Crippen molar-refractivity contribution >= 4 is 11.1 Å². The third-order valence-electron chi connectivity index (χ3n) is 4.41. The highest BCUT2D eigenvalue weighted by atomic mass is 16.3. The molecule has 3 aromatic carbocycles. The van der Waals surface area contributed by atoms with Gasteiger partial charge in [0.05, 0.1) is 0 Å². The topological polar surface area (TPSA) is 60.7 Å². The number of fused-ring (bicyclic) bond motifs is 1. The minimum absolute atomic E-state index is 0.0478. The van der Waals surface area contributed by atoms with Crippen molar-refractivity contribution in [2.24, 2.45) is 0 Å². The largest absolute Gasteiger partial charge is 0.508 e. The molecular formula is C21H16O3. The van der Waals surface area contributed by atoms with Gasteiger partial charge in [-0.3, -0.25) is 0 Å². The highest BCUT2D eigenvalue weighted by molar-refractivity contribution is 6.04. The van der Waals surface area contributed by atoms with Crippen LogP contribution in [0.5, 0.6) is 17.2 Å². The van der Waals surface area contributed by atoms with Gasteiger partial charge in [-0.1, -0.05) is 42.5 Å². The smallest absolute Gasteiger partial charge is 0.123 e. The van der Waals surface area contributed by atoms with Crippen molar-refractivity contribution < 1.29 is 15.3 Å². The van der Waals surface area contributed by atoms with E-state index in [-0.39, 0.29) is 17.2 Å². The molecule has 0 saturated heterocycles. The van der Waals surface area contributed by atoms with Gasteiger partial charge in [0.25, 0.3) is 0 Å². The zero-order valence-electron chi connectivity index (χ0n) is 12.9. The van der Waals surface area contributed by atoms with Crippen LogP contribution in [0.15, 0.2) is 66.7 Å². The third kappa shape index (κ3) is 2.31. The molecule has 1 aliphatic carbocycles. The van der Waals surface area contributed by atoms with E-state index in [2.05, 4.69) is 0 Å². The lowest BCUT2D eigenvalue weighted by molar-refractivity contribution is 0.447. The summed E-state index contributed by atoms with van der Waals surface area (Å²) in [6.07, 6.45) is 0.580. The van der Waals surface area contributed by atoms with Gasteiger partial charge in [-0.2, -0.15) is 0 Å². The first-order valence-corrected chi connectivity index (χ1v) is 7.76. The Hall–Kier alpha value is -3.20. The van der Waals surface area contributed by atoms with Crippen LogP contribution in [0.2, 0.25) is 0 Å². The maximum Gasteiger partial charge on any atom is 0.123 e. The molecule has 0 bridgehead atoms. The molecule has 0 aromatic heterocycles. The number of phenolic OH excluding ortho intramolecular Hbond substituents is 3. The molecule has 0 spiro atoms. The number of aromatic hydroxyl groups is 3. The maximum absolute atomic E-state index is 10.3. The summed E-state index contributed by atoms with van der Waals surface area (Å²) >= 11 is 0. The van der Waals surface area contributed by atoms with E-state index in [1.165, 1.54) is 6.07 Å². The second-order valence-electron chi connectivity index (χ2n) is 5.93. The van der Waals surface area contributed by atoms with Crippen molar-refractivity contribution in [1.82, 2.24) is 0 Å². The van der Waals surface area contributed by atoms with Crippen molar-refractivity contribution in [3.05, 3.63) is 89.0 Å². The fourth-order valence-electron chi connectivity index (χ4n) is 3.32. The Bertz CT molecular complexity index is 939. The molecule has 0 aliphatic heterocycles. The first-order chi connectivity index (χ1) is 11.6. The molecule has 0 atom stereocenters. The van der Waals surface area contributed by atoms with Crippen LogP contribution in [0.3, 0.4) is 0 Å². The molecule has 3 nitrogen and oxygen atoms in total. The van der Waals surface area contributed by atoms with Gasteiger partial charge in [0.2, 0.25) is 0 Å². The van der Waals surface area contributed by atoms with Crippen molar-refractivity contribution in [1.29, 1.82) is 0 Å². The van der Waals surface area contributed by atoms with Gasteiger partial charge in [0, 0.05) is 18.1 Å². The van der Waals surface area contributed by atoms with Crippen molar-refractivity contribution in [3.63, 3.8) is 0 Å². The molecule has 0 fully saturated rings. The standard InChI is InChI=1S/C21H16O3/c22-15-8-6-13(7-9-15)17-12-18-19(10-16(23)11-20(18)24)21(17)14-4-2-1-3-5-14/h1-11,22-24H,12H2. The lowest BCUT2D eigenvalue weighted by atomic mass is 9.94. The fraction of sp³-hybridized carbons (Fsp3) is 0.0476. The molecule has 0 unspecified atom stereocenters. The summed E-state index contributed by atoms with van der Waals surface area (Å²) in [6.45, 7) is 0. The quantitative estimate of drug-likeness (QED) is 0.660. The summed E-state index contributed by atoms with van der Waals surface area (Å²) in [5, 5.41) is 29.7. The number of hydrogen-bond donors (Lipinski definition) is 3. The second kappa shape index (κ2) is 5.46. The maximum atomic E-state index is 10.3. The predicted octanol–water partition coefficient (Wildman–Crippen LogP) is 4.32. The van der Waals surface area contributed by atoms with Crippen molar-refractivity contribution in [3.8, 4) is 17.2 Å². The summed E-state index contributed by atoms with van der Waals surface area (Å²) in [6, 6.07) is 20.1. The van der Waals surface area contributed by atoms with Crippen LogP contribution in [0.1, 0.15) is 22.3 Å². The zero-order chi connectivity index (χ0) is 16.7. The van der Waals surface area contributed by atoms with E-state index in [4.69, 9.17) is 0 Å². The van der Waals surface area contributed by atoms with Crippen LogP contribution < -0.4 is 0 Å². The summed E-state index contributed by atoms with van der Waals surface area (Å²) in [5.41, 5.74) is 5.75. The zero-order valence-corrected chi connectivity index (χ0v) is 12.9. The number of hydrogen-bond acceptors (Lipinski definition) is 3. The second-order valence-corrected chi connectivity index (χ2v) is 5.93. The monoisotopic (exact) mass is 316 g/mol. The summed E-state index contributed by atoms with van der Waals surface area (Å²) < 4.78 is 0. The van der Waals surface area contributed by atoms with Crippen molar-refractivity contribution in [2.45, 2.75) is 6.42 Å². The van der Waals surface area contributed by atoms with E-state index in [0.29, 0.717) is 6.42 Å². The van der Waals surface area contributed by atoms with Gasteiger partial charge in [-0.05, 0) is 46.0 Å². The first kappa shape index (κ1) is 14.4. The minimum Gasteiger partial charge on any atom is -0.508 e. The van der Waals surface area contributed by atoms with E-state index in [0.717, 1.165) is 33.4 Å². The molecule has 1 aliphatic rings. The van der Waals surface area contributed by atoms with Gasteiger partial charge >= 0.3 is 0 Å². The van der Waals surface area contributed by atoms with E-state index >= 15 is 0 Å². The number of allylic oxidation sites excluding steroid dienone is 1. The van der Waals surface area contributed by atoms with E-state index in [9.17, 15) is 15.3 Å². The SMILES string of the molecule is Oc1ccc(C2=C(c3ccccc3)c3cc(O)cc(O)c3C2)cc1. The molecule has 0 radical (unpaired) electrons. The Labute approximate surface area is 139 Å². The van der Waals surface area contributed by atoms with Crippen LogP contribution in [0.25, 0.3) is 11.1 Å². The summed E-state index contributed by atoms with van der Waals surface area (Å²) in [4.78, 5) is 0. The Morgan fingerprint density at radius 1 is 0.667 bits per heavy atom. The van der Waals surface area contributed by atoms with Gasteiger partial charge < -0.3 is 15.3 Å². The normalized spacial score (nSPS) is 13.2. The Balaban J connectivity index is 1.98. The predicted molar refractivity (Wildman–Crippen MR) is 93.9 cm³/mol. The third-order valence-corrected chi connectivity index (χ3v) is 4.41. The molecule has 118 valence electrons. The van der Waals surface area contributed by atoms with Gasteiger partial charge in [-0.25, -0.2) is 0 Å². The molecule has 3 N–H and O–H groups in total. The molecule has 0 amide bonds. The molecule has 24 heavy (non-hydrogen) atoms. The number of benzene rings is 3. The molecule has 3 aromatic rings. The average molecular weight is 316 g/mol. The Morgan fingerprint density at radius 2 is 1.38 bits per heavy atom. The first-order valence-electron chi connectivity index (χ1n) is 7.76. The van der Waals surface area contributed by atoms with Crippen LogP contribution in [-0.2, 0) is 6.42 Å². The lowest BCUT2D eigenvalue weighted by Crippen LogP contribution is -1.89. The summed E-state index contributed by atoms with van der Waals surface area (Å²) in [7, 11) is 0. The lowest BCUT2D eigenvalue weighted by Gasteiger charge is -2.10. The average Bonchev–Trinajstić information content (AvgIpc) is 2.96. The highest BCUT2D eigenvalue weighted by Crippen LogP contribution is 2.46. The van der Waals surface area contributed by atoms with E-state index in [1.54, 1.807) is 18.2 Å². The van der Waals surface area contributed by atoms with Gasteiger partial charge in [0.15, 0.2) is 0 Å². The summed E-state index contributed by atoms with van der Waals surface area (Å²) in [5.74, 6) is 0.371. The van der Waals surface area contributed by atoms with Crippen LogP contribution in [-0.4, -0.2) is 15.3 Å². The molecular weight excluding hydrogens is 300 g/mol. The highest BCUT2D eigenvalue weighted by Gasteiger charge is 2.26. The van der Waals surface area contributed by atoms with Gasteiger partial charge in [0.1, 0.15) is 17.2 Å². The van der Waals surface area contributed by atoms with Crippen LogP contribution in [0.4, 0.5) is 0 Å². The van der Waals surface area contributed by atoms with Gasteiger partial charge in [-0.15, -0.1) is 0 Å². The Kier molecular flexibility index (Phi) is 3.28. The van der Waals surface area contributed by atoms with Crippen LogP contribution >= 0.6 is 0 Å². The molecule has 0 heterocycles. The minimum atomic E-state index is 0.0478. The van der Waals surface area contributed by atoms with Crippen molar-refractivity contribution in [2.75, 3.05) is 0 Å². The Morgan fingerprint density at radius 3 is 2.08 bits per heavy atom. The number of phenols is 3. The van der Waals surface area contributed by atoms with Crippen LogP contribution in [0, 0.1) is 0 Å². The fourth-order valence-corrected chi connectivity index (χ4v) is 3.32. The molecule has 4 rings (SSSR count).